The topological polar surface area (TPSA) is 89.4 Å². The Labute approximate surface area is 85.5 Å². The minimum atomic E-state index is -0.907. The highest BCUT2D eigenvalue weighted by atomic mass is 19.1. The molecule has 0 heterocycles. The zero-order valence-electron chi connectivity index (χ0n) is 7.89. The smallest absolute Gasteiger partial charge is 0.305 e. The molecule has 0 radical (unpaired) electrons. The zero-order valence-corrected chi connectivity index (χ0v) is 7.89. The Hall–Kier alpha value is -1.53. The highest BCUT2D eigenvalue weighted by molar-refractivity contribution is 5.37. The van der Waals surface area contributed by atoms with Crippen molar-refractivity contribution in [1.82, 2.24) is 0 Å². The van der Waals surface area contributed by atoms with Gasteiger partial charge in [-0.3, -0.25) is 10.1 Å². The number of rotatable bonds is 4. The summed E-state index contributed by atoms with van der Waals surface area (Å²) in [4.78, 5) is 9.61. The van der Waals surface area contributed by atoms with Gasteiger partial charge in [-0.15, -0.1) is 0 Å². The predicted octanol–water partition coefficient (Wildman–Crippen LogP) is 0.596. The molecule has 0 aliphatic rings. The van der Waals surface area contributed by atoms with Crippen LogP contribution < -0.4 is 5.73 Å². The first-order valence-electron chi connectivity index (χ1n) is 4.36. The van der Waals surface area contributed by atoms with Gasteiger partial charge in [0.25, 0.3) is 0 Å². The lowest BCUT2D eigenvalue weighted by Gasteiger charge is -2.08. The average molecular weight is 214 g/mol. The highest BCUT2D eigenvalue weighted by Gasteiger charge is 2.18. The Morgan fingerprint density at radius 2 is 2.27 bits per heavy atom. The lowest BCUT2D eigenvalue weighted by molar-refractivity contribution is -0.387. The zero-order chi connectivity index (χ0) is 11.4. The molecule has 1 rings (SSSR count). The molecule has 0 fully saturated rings. The van der Waals surface area contributed by atoms with Crippen molar-refractivity contribution >= 4 is 5.69 Å². The molecule has 5 nitrogen and oxygen atoms in total. The molecule has 0 spiro atoms. The number of nitrogens with two attached hydrogens (primary N) is 1. The fourth-order valence-electron chi connectivity index (χ4n) is 1.20. The Morgan fingerprint density at radius 3 is 2.80 bits per heavy atom. The van der Waals surface area contributed by atoms with Gasteiger partial charge in [-0.05, 0) is 5.56 Å². The largest absolute Gasteiger partial charge is 0.391 e. The molecule has 0 bridgehead atoms. The lowest BCUT2D eigenvalue weighted by atomic mass is 10.1. The van der Waals surface area contributed by atoms with Gasteiger partial charge in [0.1, 0.15) is 0 Å². The fraction of sp³-hybridized carbons (Fsp3) is 0.333. The van der Waals surface area contributed by atoms with E-state index in [0.29, 0.717) is 0 Å². The minimum absolute atomic E-state index is 0.0118. The van der Waals surface area contributed by atoms with Crippen LogP contribution in [0.25, 0.3) is 0 Å². The molecule has 0 saturated carbocycles. The second kappa shape index (κ2) is 4.81. The summed E-state index contributed by atoms with van der Waals surface area (Å²) in [7, 11) is 0. The minimum Gasteiger partial charge on any atom is -0.391 e. The van der Waals surface area contributed by atoms with Crippen LogP contribution in [0.5, 0.6) is 0 Å². The average Bonchev–Trinajstić information content (AvgIpc) is 2.20. The van der Waals surface area contributed by atoms with E-state index >= 15 is 0 Å². The number of nitro groups is 1. The van der Waals surface area contributed by atoms with Gasteiger partial charge in [0.2, 0.25) is 5.82 Å². The monoisotopic (exact) mass is 214 g/mol. The number of nitrogens with zero attached hydrogens (tertiary/aromatic N) is 1. The van der Waals surface area contributed by atoms with Crippen molar-refractivity contribution in [2.24, 2.45) is 5.73 Å². The maximum atomic E-state index is 13.4. The number of halogens is 1. The van der Waals surface area contributed by atoms with Crippen molar-refractivity contribution in [1.29, 1.82) is 0 Å². The summed E-state index contributed by atoms with van der Waals surface area (Å²) in [6.45, 7) is -0.0118. The van der Waals surface area contributed by atoms with Crippen LogP contribution in [-0.2, 0) is 6.42 Å². The van der Waals surface area contributed by atoms with Crippen LogP contribution in [-0.4, -0.2) is 22.7 Å². The number of aliphatic hydroxyl groups is 1. The maximum Gasteiger partial charge on any atom is 0.305 e. The molecule has 82 valence electrons. The Balaban J connectivity index is 2.99. The third kappa shape index (κ3) is 2.71. The summed E-state index contributed by atoms with van der Waals surface area (Å²) in [5, 5.41) is 19.6. The van der Waals surface area contributed by atoms with Crippen molar-refractivity contribution in [3.05, 3.63) is 39.7 Å². The van der Waals surface area contributed by atoms with Crippen LogP contribution in [0.3, 0.4) is 0 Å². The van der Waals surface area contributed by atoms with Crippen molar-refractivity contribution in [3.8, 4) is 0 Å². The first kappa shape index (κ1) is 11.5. The molecule has 0 saturated heterocycles. The standard InChI is InChI=1S/C9H11FN2O3/c10-9-6(4-7(13)5-11)2-1-3-8(9)12(14)15/h1-3,7,13H,4-5,11H2. The van der Waals surface area contributed by atoms with Crippen molar-refractivity contribution < 1.29 is 14.4 Å². The van der Waals surface area contributed by atoms with Gasteiger partial charge >= 0.3 is 5.69 Å². The molecule has 1 unspecified atom stereocenters. The summed E-state index contributed by atoms with van der Waals surface area (Å²) in [5.41, 5.74) is 4.67. The summed E-state index contributed by atoms with van der Waals surface area (Å²) < 4.78 is 13.4. The molecular weight excluding hydrogens is 203 g/mol. The van der Waals surface area contributed by atoms with Crippen LogP contribution in [0.1, 0.15) is 5.56 Å². The van der Waals surface area contributed by atoms with E-state index < -0.39 is 22.5 Å². The number of aliphatic hydroxyl groups excluding tert-OH is 1. The van der Waals surface area contributed by atoms with Crippen molar-refractivity contribution in [3.63, 3.8) is 0 Å². The van der Waals surface area contributed by atoms with E-state index in [4.69, 9.17) is 5.73 Å². The number of nitro benzene ring substituents is 1. The molecule has 1 aromatic carbocycles. The van der Waals surface area contributed by atoms with Gasteiger partial charge in [-0.2, -0.15) is 4.39 Å². The first-order valence-corrected chi connectivity index (χ1v) is 4.36. The summed E-state index contributed by atoms with van der Waals surface area (Å²) in [5.74, 6) is -0.907. The summed E-state index contributed by atoms with van der Waals surface area (Å²) >= 11 is 0. The number of benzene rings is 1. The van der Waals surface area contributed by atoms with Crippen molar-refractivity contribution in [2.45, 2.75) is 12.5 Å². The highest BCUT2D eigenvalue weighted by Crippen LogP contribution is 2.20. The maximum absolute atomic E-state index is 13.4. The molecule has 15 heavy (non-hydrogen) atoms. The molecule has 6 heteroatoms. The quantitative estimate of drug-likeness (QED) is 0.567. The normalized spacial score (nSPS) is 12.5. The van der Waals surface area contributed by atoms with E-state index in [1.54, 1.807) is 0 Å². The molecule has 0 aliphatic heterocycles. The second-order valence-corrected chi connectivity index (χ2v) is 3.10. The molecule has 3 N–H and O–H groups in total. The van der Waals surface area contributed by atoms with Gasteiger partial charge in [-0.25, -0.2) is 0 Å². The molecule has 1 aromatic rings. The van der Waals surface area contributed by atoms with Crippen LogP contribution in [0.4, 0.5) is 10.1 Å². The van der Waals surface area contributed by atoms with Crippen LogP contribution in [0, 0.1) is 15.9 Å². The van der Waals surface area contributed by atoms with E-state index in [1.807, 2.05) is 0 Å². The predicted molar refractivity (Wildman–Crippen MR) is 51.8 cm³/mol. The first-order chi connectivity index (χ1) is 7.06. The van der Waals surface area contributed by atoms with Crippen LogP contribution in [0.15, 0.2) is 18.2 Å². The number of hydrogen-bond donors (Lipinski definition) is 2. The van der Waals surface area contributed by atoms with E-state index in [0.717, 1.165) is 6.07 Å². The summed E-state index contributed by atoms with van der Waals surface area (Å²) in [6.07, 6.45) is -0.911. The fourth-order valence-corrected chi connectivity index (χ4v) is 1.20. The Kier molecular flexibility index (Phi) is 3.70. The van der Waals surface area contributed by atoms with E-state index in [9.17, 15) is 19.6 Å². The van der Waals surface area contributed by atoms with Gasteiger partial charge in [0.15, 0.2) is 0 Å². The van der Waals surface area contributed by atoms with Gasteiger partial charge in [0, 0.05) is 19.0 Å². The van der Waals surface area contributed by atoms with E-state index in [2.05, 4.69) is 0 Å². The summed E-state index contributed by atoms with van der Waals surface area (Å²) in [6, 6.07) is 3.84. The molecule has 0 amide bonds. The number of hydrogen-bond acceptors (Lipinski definition) is 4. The van der Waals surface area contributed by atoms with Gasteiger partial charge < -0.3 is 10.8 Å². The van der Waals surface area contributed by atoms with Gasteiger partial charge in [-0.1, -0.05) is 12.1 Å². The molecular formula is C9H11FN2O3. The molecule has 0 aromatic heterocycles. The Bertz CT molecular complexity index is 370. The van der Waals surface area contributed by atoms with Crippen molar-refractivity contribution in [2.75, 3.05) is 6.54 Å². The third-order valence-electron chi connectivity index (χ3n) is 1.98. The SMILES string of the molecule is NCC(O)Cc1cccc([N+](=O)[O-])c1F. The molecule has 1 atom stereocenters. The Morgan fingerprint density at radius 1 is 1.60 bits per heavy atom. The third-order valence-corrected chi connectivity index (χ3v) is 1.98. The lowest BCUT2D eigenvalue weighted by Crippen LogP contribution is -2.22. The van der Waals surface area contributed by atoms with Gasteiger partial charge in [0.05, 0.1) is 11.0 Å². The second-order valence-electron chi connectivity index (χ2n) is 3.10. The van der Waals surface area contributed by atoms with E-state index in [1.165, 1.54) is 12.1 Å². The van der Waals surface area contributed by atoms with Crippen LogP contribution >= 0.6 is 0 Å². The van der Waals surface area contributed by atoms with Crippen LogP contribution in [0.2, 0.25) is 0 Å². The van der Waals surface area contributed by atoms with E-state index in [-0.39, 0.29) is 18.5 Å². The molecule has 0 aliphatic carbocycles.